The number of hydrogen-bond donors (Lipinski definition) is 2. The molecule has 0 heterocycles. The molecule has 0 fully saturated rings. The summed E-state index contributed by atoms with van der Waals surface area (Å²) in [6, 6.07) is 14.8. The monoisotopic (exact) mass is 281 g/mol. The summed E-state index contributed by atoms with van der Waals surface area (Å²) < 4.78 is 0. The molecule has 21 heavy (non-hydrogen) atoms. The standard InChI is InChI=1S/C19H23NO/c1-14(17-8-7-16-3-2-4-18(16)13-17)20-12-11-15-5-9-19(21)10-6-15/h5-10,13-14,20-21H,2-4,11-12H2,1H3. The number of benzene rings is 2. The Morgan fingerprint density at radius 2 is 1.81 bits per heavy atom. The van der Waals surface area contributed by atoms with Gasteiger partial charge in [0.05, 0.1) is 0 Å². The van der Waals surface area contributed by atoms with Crippen LogP contribution in [0.15, 0.2) is 42.5 Å². The molecule has 3 rings (SSSR count). The van der Waals surface area contributed by atoms with Crippen LogP contribution in [0.3, 0.4) is 0 Å². The van der Waals surface area contributed by atoms with Gasteiger partial charge in [0.15, 0.2) is 0 Å². The third kappa shape index (κ3) is 3.45. The minimum Gasteiger partial charge on any atom is -0.508 e. The Labute approximate surface area is 126 Å². The molecule has 2 heteroatoms. The normalized spacial score (nSPS) is 14.9. The molecule has 0 spiro atoms. The van der Waals surface area contributed by atoms with Crippen LogP contribution in [0, 0.1) is 0 Å². The second kappa shape index (κ2) is 6.31. The molecule has 1 aliphatic carbocycles. The Kier molecular flexibility index (Phi) is 4.26. The van der Waals surface area contributed by atoms with Crippen LogP contribution in [-0.2, 0) is 19.3 Å². The minimum atomic E-state index is 0.332. The van der Waals surface area contributed by atoms with E-state index >= 15 is 0 Å². The fourth-order valence-corrected chi connectivity index (χ4v) is 3.07. The fraction of sp³-hybridized carbons (Fsp3) is 0.368. The number of aryl methyl sites for hydroxylation is 2. The molecular weight excluding hydrogens is 258 g/mol. The van der Waals surface area contributed by atoms with Crippen molar-refractivity contribution in [3.63, 3.8) is 0 Å². The molecule has 110 valence electrons. The topological polar surface area (TPSA) is 32.3 Å². The van der Waals surface area contributed by atoms with Crippen LogP contribution in [0.2, 0.25) is 0 Å². The molecule has 1 aliphatic rings. The lowest BCUT2D eigenvalue weighted by Gasteiger charge is -2.15. The Morgan fingerprint density at radius 3 is 2.62 bits per heavy atom. The summed E-state index contributed by atoms with van der Waals surface area (Å²) in [4.78, 5) is 0. The maximum atomic E-state index is 9.28. The fourth-order valence-electron chi connectivity index (χ4n) is 3.07. The predicted octanol–water partition coefficient (Wildman–Crippen LogP) is 3.77. The number of hydrogen-bond acceptors (Lipinski definition) is 2. The molecular formula is C19H23NO. The number of fused-ring (bicyclic) bond motifs is 1. The first-order valence-corrected chi connectivity index (χ1v) is 7.85. The molecule has 0 saturated heterocycles. The summed E-state index contributed by atoms with van der Waals surface area (Å²) in [5.74, 6) is 0.332. The molecule has 0 saturated carbocycles. The van der Waals surface area contributed by atoms with Crippen molar-refractivity contribution < 1.29 is 5.11 Å². The third-order valence-electron chi connectivity index (χ3n) is 4.42. The van der Waals surface area contributed by atoms with Gasteiger partial charge in [0.25, 0.3) is 0 Å². The molecule has 0 amide bonds. The lowest BCUT2D eigenvalue weighted by molar-refractivity contribution is 0.475. The Balaban J connectivity index is 1.54. The highest BCUT2D eigenvalue weighted by atomic mass is 16.3. The van der Waals surface area contributed by atoms with Gasteiger partial charge in [-0.25, -0.2) is 0 Å². The summed E-state index contributed by atoms with van der Waals surface area (Å²) in [5, 5.41) is 12.9. The van der Waals surface area contributed by atoms with Gasteiger partial charge in [-0.05, 0) is 73.5 Å². The van der Waals surface area contributed by atoms with Gasteiger partial charge in [-0.2, -0.15) is 0 Å². The first-order chi connectivity index (χ1) is 10.2. The summed E-state index contributed by atoms with van der Waals surface area (Å²) in [5.41, 5.74) is 5.72. The van der Waals surface area contributed by atoms with Crippen molar-refractivity contribution in [2.24, 2.45) is 0 Å². The molecule has 0 radical (unpaired) electrons. The van der Waals surface area contributed by atoms with Gasteiger partial charge in [-0.1, -0.05) is 30.3 Å². The average molecular weight is 281 g/mol. The van der Waals surface area contributed by atoms with Crippen molar-refractivity contribution in [1.29, 1.82) is 0 Å². The van der Waals surface area contributed by atoms with E-state index in [1.165, 1.54) is 36.0 Å². The van der Waals surface area contributed by atoms with Crippen LogP contribution in [0.25, 0.3) is 0 Å². The van der Waals surface area contributed by atoms with Crippen LogP contribution in [0.4, 0.5) is 0 Å². The van der Waals surface area contributed by atoms with Gasteiger partial charge in [0.1, 0.15) is 5.75 Å². The highest BCUT2D eigenvalue weighted by molar-refractivity contribution is 5.36. The maximum Gasteiger partial charge on any atom is 0.115 e. The zero-order chi connectivity index (χ0) is 14.7. The second-order valence-electron chi connectivity index (χ2n) is 5.97. The Hall–Kier alpha value is -1.80. The smallest absolute Gasteiger partial charge is 0.115 e. The lowest BCUT2D eigenvalue weighted by Crippen LogP contribution is -2.21. The van der Waals surface area contributed by atoms with E-state index in [1.54, 1.807) is 17.7 Å². The van der Waals surface area contributed by atoms with Crippen molar-refractivity contribution in [1.82, 2.24) is 5.32 Å². The molecule has 0 bridgehead atoms. The van der Waals surface area contributed by atoms with Crippen molar-refractivity contribution in [2.45, 2.75) is 38.6 Å². The van der Waals surface area contributed by atoms with Crippen LogP contribution in [0.1, 0.15) is 41.6 Å². The molecule has 2 aromatic carbocycles. The first kappa shape index (κ1) is 14.2. The number of aromatic hydroxyl groups is 1. The van der Waals surface area contributed by atoms with E-state index in [9.17, 15) is 5.11 Å². The number of phenolic OH excluding ortho intramolecular Hbond substituents is 1. The van der Waals surface area contributed by atoms with E-state index < -0.39 is 0 Å². The Morgan fingerprint density at radius 1 is 1.05 bits per heavy atom. The van der Waals surface area contributed by atoms with Crippen molar-refractivity contribution >= 4 is 0 Å². The van der Waals surface area contributed by atoms with Crippen molar-refractivity contribution in [2.75, 3.05) is 6.54 Å². The molecule has 2 aromatic rings. The zero-order valence-corrected chi connectivity index (χ0v) is 12.6. The molecule has 0 aromatic heterocycles. The van der Waals surface area contributed by atoms with E-state index in [-0.39, 0.29) is 0 Å². The molecule has 1 unspecified atom stereocenters. The maximum absolute atomic E-state index is 9.28. The van der Waals surface area contributed by atoms with Gasteiger partial charge in [-0.15, -0.1) is 0 Å². The SMILES string of the molecule is CC(NCCc1ccc(O)cc1)c1ccc2c(c1)CCC2. The van der Waals surface area contributed by atoms with Gasteiger partial charge < -0.3 is 10.4 Å². The highest BCUT2D eigenvalue weighted by Crippen LogP contribution is 2.25. The van der Waals surface area contributed by atoms with Crippen LogP contribution in [-0.4, -0.2) is 11.7 Å². The predicted molar refractivity (Wildman–Crippen MR) is 86.7 cm³/mol. The van der Waals surface area contributed by atoms with Crippen LogP contribution < -0.4 is 5.32 Å². The van der Waals surface area contributed by atoms with E-state index in [2.05, 4.69) is 30.4 Å². The van der Waals surface area contributed by atoms with Gasteiger partial charge in [0, 0.05) is 6.04 Å². The summed E-state index contributed by atoms with van der Waals surface area (Å²) in [6.07, 6.45) is 4.78. The molecule has 1 atom stereocenters. The van der Waals surface area contributed by atoms with E-state index in [4.69, 9.17) is 0 Å². The highest BCUT2D eigenvalue weighted by Gasteiger charge is 2.13. The molecule has 2 nitrogen and oxygen atoms in total. The zero-order valence-electron chi connectivity index (χ0n) is 12.6. The largest absolute Gasteiger partial charge is 0.508 e. The molecule has 2 N–H and O–H groups in total. The van der Waals surface area contributed by atoms with Crippen molar-refractivity contribution in [3.8, 4) is 5.75 Å². The van der Waals surface area contributed by atoms with Gasteiger partial charge >= 0.3 is 0 Å². The van der Waals surface area contributed by atoms with Crippen molar-refractivity contribution in [3.05, 3.63) is 64.7 Å². The molecule has 0 aliphatic heterocycles. The van der Waals surface area contributed by atoms with E-state index in [0.29, 0.717) is 11.8 Å². The third-order valence-corrected chi connectivity index (χ3v) is 4.42. The quantitative estimate of drug-likeness (QED) is 0.874. The number of phenols is 1. The summed E-state index contributed by atoms with van der Waals surface area (Å²) in [6.45, 7) is 3.18. The van der Waals surface area contributed by atoms with Crippen LogP contribution >= 0.6 is 0 Å². The van der Waals surface area contributed by atoms with E-state index in [1.807, 2.05) is 12.1 Å². The second-order valence-corrected chi connectivity index (χ2v) is 5.97. The minimum absolute atomic E-state index is 0.332. The summed E-state index contributed by atoms with van der Waals surface area (Å²) in [7, 11) is 0. The van der Waals surface area contributed by atoms with Gasteiger partial charge in [-0.3, -0.25) is 0 Å². The first-order valence-electron chi connectivity index (χ1n) is 7.85. The van der Waals surface area contributed by atoms with Gasteiger partial charge in [0.2, 0.25) is 0 Å². The number of rotatable bonds is 5. The number of nitrogens with one attached hydrogen (secondary N) is 1. The summed E-state index contributed by atoms with van der Waals surface area (Å²) >= 11 is 0. The lowest BCUT2D eigenvalue weighted by atomic mass is 10.0. The van der Waals surface area contributed by atoms with E-state index in [0.717, 1.165) is 13.0 Å². The Bertz CT molecular complexity index is 603. The van der Waals surface area contributed by atoms with Crippen LogP contribution in [0.5, 0.6) is 5.75 Å². The average Bonchev–Trinajstić information content (AvgIpc) is 2.96.